The molecule has 0 saturated carbocycles. The Kier molecular flexibility index (Phi) is 61.1. The first-order valence-electron chi connectivity index (χ1n) is 36.1. The molecule has 0 radical (unpaired) electrons. The molecule has 0 aliphatic heterocycles. The van der Waals surface area contributed by atoms with Gasteiger partial charge in [-0.1, -0.05) is 304 Å². The van der Waals surface area contributed by atoms with E-state index < -0.39 is 97.5 Å². The van der Waals surface area contributed by atoms with Crippen LogP contribution in [0.15, 0.2) is 0 Å². The molecule has 88 heavy (non-hydrogen) atoms. The highest BCUT2D eigenvalue weighted by Gasteiger charge is 2.30. The van der Waals surface area contributed by atoms with Crippen molar-refractivity contribution < 1.29 is 80.2 Å². The molecule has 0 spiro atoms. The van der Waals surface area contributed by atoms with Gasteiger partial charge in [-0.3, -0.25) is 37.3 Å². The number of phosphoric acid groups is 2. The van der Waals surface area contributed by atoms with Crippen LogP contribution in [-0.2, 0) is 65.4 Å². The van der Waals surface area contributed by atoms with E-state index in [2.05, 4.69) is 34.6 Å². The Bertz CT molecular complexity index is 1700. The lowest BCUT2D eigenvalue weighted by Gasteiger charge is -2.21. The molecule has 0 saturated heterocycles. The van der Waals surface area contributed by atoms with Crippen molar-refractivity contribution in [2.24, 2.45) is 5.92 Å². The summed E-state index contributed by atoms with van der Waals surface area (Å²) in [5, 5.41) is 10.5. The van der Waals surface area contributed by atoms with Crippen molar-refractivity contribution >= 4 is 39.5 Å². The zero-order valence-electron chi connectivity index (χ0n) is 56.9. The normalized spacial score (nSPS) is 14.1. The molecule has 3 N–H and O–H groups in total. The van der Waals surface area contributed by atoms with Crippen LogP contribution in [0.25, 0.3) is 0 Å². The van der Waals surface area contributed by atoms with E-state index in [1.165, 1.54) is 173 Å². The molecule has 0 heterocycles. The standard InChI is InChI=1S/C69H134O17P2/c1-6-9-12-15-17-19-21-22-23-24-25-26-27-28-29-30-31-32-34-40-45-50-55-69(74)86-65(59-80-67(72)53-48-43-38-36-35-37-42-46-51-62(4)5)61-84-88(77,78)82-57-63(70)56-81-87(75,76)83-60-64(58-79-66(71)52-47-41-14-11-8-3)85-68(73)54-49-44-39-33-20-18-16-13-10-7-2/h62-65,70H,6-61H2,1-5H3,(H,75,76)(H,77,78)/t63-,64+,65+/m0/s1. The van der Waals surface area contributed by atoms with Crippen LogP contribution in [0, 0.1) is 5.92 Å². The van der Waals surface area contributed by atoms with Crippen molar-refractivity contribution in [3.05, 3.63) is 0 Å². The van der Waals surface area contributed by atoms with E-state index in [4.69, 9.17) is 37.0 Å². The van der Waals surface area contributed by atoms with Gasteiger partial charge in [0, 0.05) is 25.7 Å². The van der Waals surface area contributed by atoms with Gasteiger partial charge in [0.2, 0.25) is 0 Å². The number of aliphatic hydroxyl groups excluding tert-OH is 1. The molecule has 0 aromatic rings. The van der Waals surface area contributed by atoms with E-state index in [0.29, 0.717) is 25.7 Å². The molecule has 2 unspecified atom stereocenters. The van der Waals surface area contributed by atoms with Crippen LogP contribution in [0.2, 0.25) is 0 Å². The molecule has 522 valence electrons. The Morgan fingerprint density at radius 3 is 0.773 bits per heavy atom. The largest absolute Gasteiger partial charge is 0.472 e. The summed E-state index contributed by atoms with van der Waals surface area (Å²) in [6.07, 6.45) is 49.2. The molecule has 0 rings (SSSR count). The van der Waals surface area contributed by atoms with Crippen LogP contribution < -0.4 is 0 Å². The summed E-state index contributed by atoms with van der Waals surface area (Å²) in [7, 11) is -9.88. The number of hydrogen-bond acceptors (Lipinski definition) is 15. The summed E-state index contributed by atoms with van der Waals surface area (Å²) >= 11 is 0. The van der Waals surface area contributed by atoms with E-state index in [-0.39, 0.29) is 25.7 Å². The lowest BCUT2D eigenvalue weighted by atomic mass is 10.0. The molecule has 0 aliphatic rings. The second kappa shape index (κ2) is 62.5. The first kappa shape index (κ1) is 86.1. The maximum Gasteiger partial charge on any atom is 0.472 e. The number of carbonyl (C=O) groups is 4. The third-order valence-corrected chi connectivity index (χ3v) is 17.9. The SMILES string of the molecule is CCCCCCCCCCCCCCCCCCCCCCCCC(=O)O[C@H](COC(=O)CCCCCCCCCCC(C)C)COP(=O)(O)OC[C@@H](O)COP(=O)(O)OC[C@@H](COC(=O)CCCCCCC)OC(=O)CCCCCCCCCCCC. The fourth-order valence-electron chi connectivity index (χ4n) is 10.5. The van der Waals surface area contributed by atoms with E-state index in [1.807, 2.05) is 0 Å². The summed E-state index contributed by atoms with van der Waals surface area (Å²) in [6.45, 7) is 7.10. The molecule has 19 heteroatoms. The molecule has 0 aromatic carbocycles. The third-order valence-electron chi connectivity index (χ3n) is 16.0. The molecule has 0 aliphatic carbocycles. The van der Waals surface area contributed by atoms with Gasteiger partial charge in [0.25, 0.3) is 0 Å². The maximum absolute atomic E-state index is 13.0. The minimum Gasteiger partial charge on any atom is -0.462 e. The summed E-state index contributed by atoms with van der Waals surface area (Å²) in [4.78, 5) is 72.1. The minimum absolute atomic E-state index is 0.106. The molecule has 5 atom stereocenters. The molecular weight excluding hydrogens is 1160 g/mol. The lowest BCUT2D eigenvalue weighted by molar-refractivity contribution is -0.161. The quantitative estimate of drug-likeness (QED) is 0.0222. The molecule has 0 aromatic heterocycles. The van der Waals surface area contributed by atoms with Gasteiger partial charge in [-0.2, -0.15) is 0 Å². The maximum atomic E-state index is 13.0. The van der Waals surface area contributed by atoms with Gasteiger partial charge in [-0.05, 0) is 31.6 Å². The molecule has 17 nitrogen and oxygen atoms in total. The summed E-state index contributed by atoms with van der Waals surface area (Å²) in [6, 6.07) is 0. The van der Waals surface area contributed by atoms with Crippen molar-refractivity contribution in [3.63, 3.8) is 0 Å². The van der Waals surface area contributed by atoms with Crippen LogP contribution in [-0.4, -0.2) is 96.7 Å². The van der Waals surface area contributed by atoms with Gasteiger partial charge in [-0.15, -0.1) is 0 Å². The first-order valence-corrected chi connectivity index (χ1v) is 39.1. The smallest absolute Gasteiger partial charge is 0.462 e. The molecule has 0 bridgehead atoms. The van der Waals surface area contributed by atoms with Crippen LogP contribution in [0.1, 0.15) is 356 Å². The number of esters is 4. The van der Waals surface area contributed by atoms with Crippen molar-refractivity contribution in [1.82, 2.24) is 0 Å². The Balaban J connectivity index is 5.06. The fraction of sp³-hybridized carbons (Fsp3) is 0.942. The number of carbonyl (C=O) groups excluding carboxylic acids is 4. The van der Waals surface area contributed by atoms with Gasteiger partial charge in [0.15, 0.2) is 12.2 Å². The van der Waals surface area contributed by atoms with Crippen molar-refractivity contribution in [3.8, 4) is 0 Å². The van der Waals surface area contributed by atoms with Crippen LogP contribution in [0.3, 0.4) is 0 Å². The van der Waals surface area contributed by atoms with Gasteiger partial charge < -0.3 is 33.8 Å². The molecule has 0 fully saturated rings. The topological polar surface area (TPSA) is 237 Å². The average Bonchev–Trinajstić information content (AvgIpc) is 3.71. The summed E-state index contributed by atoms with van der Waals surface area (Å²) < 4.78 is 67.9. The van der Waals surface area contributed by atoms with Crippen molar-refractivity contribution in [2.75, 3.05) is 39.6 Å². The average molecular weight is 1300 g/mol. The van der Waals surface area contributed by atoms with Crippen LogP contribution in [0.4, 0.5) is 0 Å². The first-order chi connectivity index (χ1) is 42.5. The predicted octanol–water partition coefficient (Wildman–Crippen LogP) is 19.7. The number of rotatable bonds is 69. The zero-order chi connectivity index (χ0) is 64.9. The Morgan fingerprint density at radius 1 is 0.307 bits per heavy atom. The highest BCUT2D eigenvalue weighted by atomic mass is 31.2. The molecule has 0 amide bonds. The summed E-state index contributed by atoms with van der Waals surface area (Å²) in [5.74, 6) is -1.41. The van der Waals surface area contributed by atoms with E-state index in [9.17, 15) is 43.2 Å². The minimum atomic E-state index is -4.95. The highest BCUT2D eigenvalue weighted by Crippen LogP contribution is 2.45. The Hall–Kier alpha value is -1.94. The number of aliphatic hydroxyl groups is 1. The zero-order valence-corrected chi connectivity index (χ0v) is 58.6. The predicted molar refractivity (Wildman–Crippen MR) is 354 cm³/mol. The van der Waals surface area contributed by atoms with Gasteiger partial charge in [-0.25, -0.2) is 9.13 Å². The number of hydrogen-bond donors (Lipinski definition) is 3. The summed E-state index contributed by atoms with van der Waals surface area (Å²) in [5.41, 5.74) is 0. The monoisotopic (exact) mass is 1300 g/mol. The van der Waals surface area contributed by atoms with E-state index in [1.54, 1.807) is 0 Å². The second-order valence-electron chi connectivity index (χ2n) is 25.4. The van der Waals surface area contributed by atoms with Gasteiger partial charge in [0.05, 0.1) is 26.4 Å². The number of ether oxygens (including phenoxy) is 4. The molecular formula is C69H134O17P2. The second-order valence-corrected chi connectivity index (χ2v) is 28.3. The van der Waals surface area contributed by atoms with Crippen molar-refractivity contribution in [1.29, 1.82) is 0 Å². The van der Waals surface area contributed by atoms with E-state index in [0.717, 1.165) is 102 Å². The van der Waals surface area contributed by atoms with Gasteiger partial charge in [0.1, 0.15) is 19.3 Å². The van der Waals surface area contributed by atoms with Gasteiger partial charge >= 0.3 is 39.5 Å². The van der Waals surface area contributed by atoms with Crippen LogP contribution >= 0.6 is 15.6 Å². The lowest BCUT2D eigenvalue weighted by Crippen LogP contribution is -2.30. The van der Waals surface area contributed by atoms with E-state index >= 15 is 0 Å². The van der Waals surface area contributed by atoms with Crippen molar-refractivity contribution in [2.45, 2.75) is 374 Å². The number of unbranched alkanes of at least 4 members (excludes halogenated alkanes) is 41. The highest BCUT2D eigenvalue weighted by molar-refractivity contribution is 7.47. The Labute approximate surface area is 537 Å². The fourth-order valence-corrected chi connectivity index (χ4v) is 12.0. The third kappa shape index (κ3) is 62.8. The Morgan fingerprint density at radius 2 is 0.523 bits per heavy atom. The number of phosphoric ester groups is 2. The van der Waals surface area contributed by atoms with Crippen LogP contribution in [0.5, 0.6) is 0 Å².